The largest absolute Gasteiger partial charge is 0.352 e. The van der Waals surface area contributed by atoms with E-state index in [1.807, 2.05) is 57.2 Å². The maximum Gasteiger partial charge on any atom is 0.244 e. The molecule has 2 aromatic rings. The Morgan fingerprint density at radius 2 is 1.66 bits per heavy atom. The number of anilines is 1. The monoisotopic (exact) mass is 499 g/mol. The van der Waals surface area contributed by atoms with Gasteiger partial charge in [0.05, 0.1) is 11.9 Å². The quantitative estimate of drug-likeness (QED) is 0.537. The molecule has 8 heteroatoms. The SMILES string of the molecule is CC[C@H](C(=O)NC1CCCC1)N(Cc1ccc(C)cc1)C(=O)CN(c1ccccc1C)S(C)(=O)=O. The average molecular weight is 500 g/mol. The maximum atomic E-state index is 13.7. The number of hydrogen-bond acceptors (Lipinski definition) is 4. The molecule has 0 spiro atoms. The van der Waals surface area contributed by atoms with Gasteiger partial charge in [0, 0.05) is 12.6 Å². The first kappa shape index (κ1) is 26.7. The van der Waals surface area contributed by atoms with Crippen molar-refractivity contribution in [2.75, 3.05) is 17.1 Å². The predicted octanol–water partition coefficient (Wildman–Crippen LogP) is 3.94. The van der Waals surface area contributed by atoms with E-state index in [1.54, 1.807) is 12.1 Å². The molecule has 1 atom stereocenters. The van der Waals surface area contributed by atoms with Gasteiger partial charge in [0.15, 0.2) is 0 Å². The molecule has 0 unspecified atom stereocenters. The minimum absolute atomic E-state index is 0.132. The molecule has 0 bridgehead atoms. The van der Waals surface area contributed by atoms with Crippen molar-refractivity contribution in [3.63, 3.8) is 0 Å². The summed E-state index contributed by atoms with van der Waals surface area (Å²) in [5.41, 5.74) is 3.20. The van der Waals surface area contributed by atoms with E-state index in [9.17, 15) is 18.0 Å². The van der Waals surface area contributed by atoms with Crippen LogP contribution < -0.4 is 9.62 Å². The molecule has 7 nitrogen and oxygen atoms in total. The Kier molecular flexibility index (Phi) is 8.94. The lowest BCUT2D eigenvalue weighted by molar-refractivity contribution is -0.140. The van der Waals surface area contributed by atoms with E-state index < -0.39 is 22.0 Å². The minimum Gasteiger partial charge on any atom is -0.352 e. The van der Waals surface area contributed by atoms with Crippen LogP contribution in [0, 0.1) is 13.8 Å². The van der Waals surface area contributed by atoms with Crippen LogP contribution in [-0.4, -0.2) is 50.0 Å². The summed E-state index contributed by atoms with van der Waals surface area (Å²) < 4.78 is 26.6. The fraction of sp³-hybridized carbons (Fsp3) is 0.481. The zero-order valence-corrected chi connectivity index (χ0v) is 22.0. The summed E-state index contributed by atoms with van der Waals surface area (Å²) in [5, 5.41) is 3.12. The van der Waals surface area contributed by atoms with E-state index in [1.165, 1.54) is 4.90 Å². The van der Waals surface area contributed by atoms with Crippen LogP contribution in [0.3, 0.4) is 0 Å². The van der Waals surface area contributed by atoms with Gasteiger partial charge >= 0.3 is 0 Å². The van der Waals surface area contributed by atoms with Crippen LogP contribution in [-0.2, 0) is 26.2 Å². The number of amides is 2. The third-order valence-corrected chi connectivity index (χ3v) is 7.75. The van der Waals surface area contributed by atoms with Crippen LogP contribution in [0.4, 0.5) is 5.69 Å². The maximum absolute atomic E-state index is 13.7. The Bertz CT molecular complexity index is 1130. The lowest BCUT2D eigenvalue weighted by Crippen LogP contribution is -2.53. The van der Waals surface area contributed by atoms with E-state index in [4.69, 9.17) is 0 Å². The molecule has 3 rings (SSSR count). The number of sulfonamides is 1. The number of aryl methyl sites for hydroxylation is 2. The standard InChI is InChI=1S/C27H37N3O4S/c1-5-24(27(32)28-23-11-7-8-12-23)29(18-22-16-14-20(2)15-17-22)26(31)19-30(35(4,33)34)25-13-9-6-10-21(25)3/h6,9-10,13-17,23-24H,5,7-8,11-12,18-19H2,1-4H3,(H,28,32)/t24-/m1/s1. The summed E-state index contributed by atoms with van der Waals surface area (Å²) in [7, 11) is -3.73. The number of nitrogens with zero attached hydrogens (tertiary/aromatic N) is 2. The van der Waals surface area contributed by atoms with Crippen molar-refractivity contribution in [3.05, 3.63) is 65.2 Å². The summed E-state index contributed by atoms with van der Waals surface area (Å²) in [6.45, 7) is 5.53. The van der Waals surface area contributed by atoms with Gasteiger partial charge in [-0.25, -0.2) is 8.42 Å². The number of carbonyl (C=O) groups excluding carboxylic acids is 2. The topological polar surface area (TPSA) is 86.8 Å². The van der Waals surface area contributed by atoms with Crippen molar-refractivity contribution in [3.8, 4) is 0 Å². The fourth-order valence-corrected chi connectivity index (χ4v) is 5.52. The molecule has 1 saturated carbocycles. The second-order valence-corrected chi connectivity index (χ2v) is 11.4. The van der Waals surface area contributed by atoms with Gasteiger partial charge in [0.25, 0.3) is 0 Å². The molecule has 0 radical (unpaired) electrons. The van der Waals surface area contributed by atoms with Crippen LogP contribution in [0.15, 0.2) is 48.5 Å². The van der Waals surface area contributed by atoms with E-state index >= 15 is 0 Å². The van der Waals surface area contributed by atoms with Crippen LogP contribution in [0.25, 0.3) is 0 Å². The molecule has 0 saturated heterocycles. The van der Waals surface area contributed by atoms with Gasteiger partial charge in [-0.15, -0.1) is 0 Å². The molecule has 35 heavy (non-hydrogen) atoms. The van der Waals surface area contributed by atoms with Gasteiger partial charge in [-0.05, 0) is 50.3 Å². The highest BCUT2D eigenvalue weighted by atomic mass is 32.2. The summed E-state index contributed by atoms with van der Waals surface area (Å²) in [6.07, 6.45) is 5.61. The third kappa shape index (κ3) is 7.07. The normalized spacial score (nSPS) is 15.0. The van der Waals surface area contributed by atoms with Crippen LogP contribution >= 0.6 is 0 Å². The number of hydrogen-bond donors (Lipinski definition) is 1. The van der Waals surface area contributed by atoms with Crippen LogP contribution in [0.2, 0.25) is 0 Å². The summed E-state index contributed by atoms with van der Waals surface area (Å²) in [5.74, 6) is -0.589. The Hall–Kier alpha value is -2.87. The Morgan fingerprint density at radius 3 is 2.23 bits per heavy atom. The number of nitrogens with one attached hydrogen (secondary N) is 1. The molecule has 1 aliphatic carbocycles. The average Bonchev–Trinajstić information content (AvgIpc) is 3.31. The highest BCUT2D eigenvalue weighted by Crippen LogP contribution is 2.24. The van der Waals surface area contributed by atoms with Gasteiger partial charge in [-0.3, -0.25) is 13.9 Å². The molecule has 0 aliphatic heterocycles. The molecular weight excluding hydrogens is 462 g/mol. The van der Waals surface area contributed by atoms with Gasteiger partial charge in [0.2, 0.25) is 21.8 Å². The van der Waals surface area contributed by atoms with Crippen molar-refractivity contribution >= 4 is 27.5 Å². The first-order valence-corrected chi connectivity index (χ1v) is 14.1. The second-order valence-electron chi connectivity index (χ2n) is 9.48. The highest BCUT2D eigenvalue weighted by molar-refractivity contribution is 7.92. The van der Waals surface area contributed by atoms with Crippen molar-refractivity contribution in [2.45, 2.75) is 71.5 Å². The van der Waals surface area contributed by atoms with Crippen molar-refractivity contribution in [1.82, 2.24) is 10.2 Å². The number of benzene rings is 2. The van der Waals surface area contributed by atoms with Gasteiger partial charge in [-0.2, -0.15) is 0 Å². The molecule has 2 aromatic carbocycles. The zero-order chi connectivity index (χ0) is 25.6. The number of carbonyl (C=O) groups is 2. The van der Waals surface area contributed by atoms with Crippen LogP contribution in [0.1, 0.15) is 55.7 Å². The number of rotatable bonds is 10. The Labute approximate surface area is 209 Å². The van der Waals surface area contributed by atoms with E-state index in [2.05, 4.69) is 5.32 Å². The van der Waals surface area contributed by atoms with Gasteiger partial charge in [0.1, 0.15) is 12.6 Å². The lowest BCUT2D eigenvalue weighted by Gasteiger charge is -2.33. The van der Waals surface area contributed by atoms with Crippen LogP contribution in [0.5, 0.6) is 0 Å². The van der Waals surface area contributed by atoms with Crippen molar-refractivity contribution in [2.24, 2.45) is 0 Å². The zero-order valence-electron chi connectivity index (χ0n) is 21.2. The highest BCUT2D eigenvalue weighted by Gasteiger charge is 2.33. The molecular formula is C27H37N3O4S. The third-order valence-electron chi connectivity index (χ3n) is 6.62. The molecule has 190 valence electrons. The van der Waals surface area contributed by atoms with Crippen molar-refractivity contribution in [1.29, 1.82) is 0 Å². The summed E-state index contributed by atoms with van der Waals surface area (Å²) in [6, 6.07) is 14.3. The Balaban J connectivity index is 1.92. The first-order chi connectivity index (χ1) is 16.6. The minimum atomic E-state index is -3.73. The smallest absolute Gasteiger partial charge is 0.244 e. The van der Waals surface area contributed by atoms with Crippen molar-refractivity contribution < 1.29 is 18.0 Å². The molecule has 1 aliphatic rings. The van der Waals surface area contributed by atoms with E-state index in [0.717, 1.165) is 52.9 Å². The first-order valence-electron chi connectivity index (χ1n) is 12.3. The van der Waals surface area contributed by atoms with E-state index in [-0.39, 0.29) is 25.0 Å². The number of para-hydroxylation sites is 1. The predicted molar refractivity (Wildman–Crippen MR) is 140 cm³/mol. The molecule has 1 fully saturated rings. The fourth-order valence-electron chi connectivity index (χ4n) is 4.62. The molecule has 0 aromatic heterocycles. The molecule has 2 amide bonds. The molecule has 1 N–H and O–H groups in total. The Morgan fingerprint density at radius 1 is 1.03 bits per heavy atom. The van der Waals surface area contributed by atoms with Gasteiger partial charge in [-0.1, -0.05) is 67.8 Å². The van der Waals surface area contributed by atoms with E-state index in [0.29, 0.717) is 12.1 Å². The second kappa shape index (κ2) is 11.7. The van der Waals surface area contributed by atoms with Gasteiger partial charge < -0.3 is 10.2 Å². The lowest BCUT2D eigenvalue weighted by atomic mass is 10.1. The summed E-state index contributed by atoms with van der Waals surface area (Å²) in [4.78, 5) is 28.6. The summed E-state index contributed by atoms with van der Waals surface area (Å²) >= 11 is 0. The molecule has 0 heterocycles.